The Morgan fingerprint density at radius 3 is 2.67 bits per heavy atom. The summed E-state index contributed by atoms with van der Waals surface area (Å²) in [7, 11) is 0. The lowest BCUT2D eigenvalue weighted by Crippen LogP contribution is -1.95. The first-order valence-electron chi connectivity index (χ1n) is 7.06. The molecule has 1 aromatic carbocycles. The zero-order valence-electron chi connectivity index (χ0n) is 11.2. The van der Waals surface area contributed by atoms with Crippen molar-refractivity contribution < 1.29 is 5.11 Å². The minimum atomic E-state index is 0.268. The molecule has 1 aromatic heterocycles. The van der Waals surface area contributed by atoms with Crippen LogP contribution in [0.1, 0.15) is 43.9 Å². The van der Waals surface area contributed by atoms with Crippen molar-refractivity contribution in [1.29, 1.82) is 0 Å². The topological polar surface area (TPSA) is 36.0 Å². The van der Waals surface area contributed by atoms with Gasteiger partial charge in [0.2, 0.25) is 0 Å². The molecule has 0 saturated carbocycles. The second kappa shape index (κ2) is 6.60. The number of unbranched alkanes of at least 4 members (excludes halogenated alkanes) is 2. The minimum absolute atomic E-state index is 0.268. The van der Waals surface area contributed by atoms with Crippen LogP contribution in [0.4, 0.5) is 0 Å². The number of H-pyrrole nitrogens is 1. The van der Waals surface area contributed by atoms with Crippen molar-refractivity contribution in [2.75, 3.05) is 6.61 Å². The molecule has 2 heteroatoms. The number of fused-ring (bicyclic) bond motifs is 1. The molecule has 2 nitrogen and oxygen atoms in total. The predicted octanol–water partition coefficient (Wildman–Crippen LogP) is 3.83. The molecule has 0 unspecified atom stereocenters. The van der Waals surface area contributed by atoms with Crippen LogP contribution in [0, 0.1) is 0 Å². The molecule has 18 heavy (non-hydrogen) atoms. The van der Waals surface area contributed by atoms with Gasteiger partial charge in [0.1, 0.15) is 0 Å². The van der Waals surface area contributed by atoms with E-state index >= 15 is 0 Å². The molecule has 0 saturated heterocycles. The van der Waals surface area contributed by atoms with Gasteiger partial charge < -0.3 is 10.1 Å². The third-order valence-electron chi connectivity index (χ3n) is 3.52. The summed E-state index contributed by atoms with van der Waals surface area (Å²) in [4.78, 5) is 3.51. The maximum atomic E-state index is 8.99. The summed E-state index contributed by atoms with van der Waals surface area (Å²) in [6.07, 6.45) is 6.75. The molecule has 0 atom stereocenters. The van der Waals surface area contributed by atoms with Crippen LogP contribution in [0.15, 0.2) is 24.3 Å². The lowest BCUT2D eigenvalue weighted by atomic mass is 10.0. The van der Waals surface area contributed by atoms with Crippen molar-refractivity contribution in [3.05, 3.63) is 35.5 Å². The van der Waals surface area contributed by atoms with Crippen LogP contribution >= 0.6 is 0 Å². The highest BCUT2D eigenvalue weighted by Crippen LogP contribution is 2.25. The molecule has 0 fully saturated rings. The zero-order chi connectivity index (χ0) is 12.8. The Kier molecular flexibility index (Phi) is 4.82. The second-order valence-electron chi connectivity index (χ2n) is 4.91. The first-order chi connectivity index (χ1) is 8.86. The van der Waals surface area contributed by atoms with Gasteiger partial charge in [0.05, 0.1) is 0 Å². The van der Waals surface area contributed by atoms with Crippen molar-refractivity contribution in [3.8, 4) is 0 Å². The van der Waals surface area contributed by atoms with Crippen molar-refractivity contribution in [3.63, 3.8) is 0 Å². The first-order valence-corrected chi connectivity index (χ1v) is 7.06. The number of hydrogen-bond acceptors (Lipinski definition) is 1. The molecular formula is C16H23NO. The van der Waals surface area contributed by atoms with E-state index in [-0.39, 0.29) is 6.61 Å². The molecule has 2 aromatic rings. The van der Waals surface area contributed by atoms with Gasteiger partial charge in [-0.1, -0.05) is 38.0 Å². The Morgan fingerprint density at radius 1 is 1.06 bits per heavy atom. The molecule has 0 radical (unpaired) electrons. The number of aliphatic hydroxyl groups is 1. The quantitative estimate of drug-likeness (QED) is 0.715. The van der Waals surface area contributed by atoms with Gasteiger partial charge in [0, 0.05) is 23.2 Å². The number of aromatic amines is 1. The van der Waals surface area contributed by atoms with E-state index in [2.05, 4.69) is 36.2 Å². The fourth-order valence-electron chi connectivity index (χ4n) is 2.56. The fraction of sp³-hybridized carbons (Fsp3) is 0.500. The van der Waals surface area contributed by atoms with Crippen LogP contribution in [0.3, 0.4) is 0 Å². The van der Waals surface area contributed by atoms with E-state index in [0.717, 1.165) is 19.3 Å². The van der Waals surface area contributed by atoms with E-state index in [9.17, 15) is 0 Å². The number of para-hydroxylation sites is 1. The fourth-order valence-corrected chi connectivity index (χ4v) is 2.56. The van der Waals surface area contributed by atoms with Crippen molar-refractivity contribution in [2.45, 2.75) is 45.4 Å². The minimum Gasteiger partial charge on any atom is -0.396 e. The lowest BCUT2D eigenvalue weighted by Gasteiger charge is -2.04. The third kappa shape index (κ3) is 2.94. The summed E-state index contributed by atoms with van der Waals surface area (Å²) in [5.41, 5.74) is 4.02. The summed E-state index contributed by atoms with van der Waals surface area (Å²) in [5, 5.41) is 10.4. The second-order valence-corrected chi connectivity index (χ2v) is 4.91. The molecule has 0 aliphatic rings. The highest BCUT2D eigenvalue weighted by molar-refractivity contribution is 5.84. The summed E-state index contributed by atoms with van der Waals surface area (Å²) < 4.78 is 0. The van der Waals surface area contributed by atoms with Gasteiger partial charge in [-0.05, 0) is 37.3 Å². The highest BCUT2D eigenvalue weighted by Gasteiger charge is 2.10. The molecule has 0 bridgehead atoms. The number of aliphatic hydroxyl groups excluding tert-OH is 1. The van der Waals surface area contributed by atoms with E-state index in [0.29, 0.717) is 0 Å². The largest absolute Gasteiger partial charge is 0.396 e. The normalized spacial score (nSPS) is 11.2. The van der Waals surface area contributed by atoms with E-state index in [1.807, 2.05) is 0 Å². The van der Waals surface area contributed by atoms with Gasteiger partial charge in [0.25, 0.3) is 0 Å². The van der Waals surface area contributed by atoms with Crippen molar-refractivity contribution >= 4 is 10.9 Å². The van der Waals surface area contributed by atoms with E-state index in [1.165, 1.54) is 41.4 Å². The van der Waals surface area contributed by atoms with Crippen LogP contribution in [0.5, 0.6) is 0 Å². The highest BCUT2D eigenvalue weighted by atomic mass is 16.2. The average molecular weight is 245 g/mol. The SMILES string of the molecule is CCCCCc1c(CCCO)[nH]c2ccccc12. The first kappa shape index (κ1) is 13.2. The van der Waals surface area contributed by atoms with Gasteiger partial charge in [-0.25, -0.2) is 0 Å². The van der Waals surface area contributed by atoms with Crippen LogP contribution in [0.25, 0.3) is 10.9 Å². The number of nitrogens with one attached hydrogen (secondary N) is 1. The van der Waals surface area contributed by atoms with E-state index in [1.54, 1.807) is 0 Å². The Hall–Kier alpha value is -1.28. The number of rotatable bonds is 7. The molecule has 2 N–H and O–H groups in total. The maximum absolute atomic E-state index is 8.99. The lowest BCUT2D eigenvalue weighted by molar-refractivity contribution is 0.288. The van der Waals surface area contributed by atoms with Crippen molar-refractivity contribution in [1.82, 2.24) is 4.98 Å². The number of aryl methyl sites for hydroxylation is 2. The van der Waals surface area contributed by atoms with Crippen molar-refractivity contribution in [2.24, 2.45) is 0 Å². The molecule has 2 rings (SSSR count). The maximum Gasteiger partial charge on any atom is 0.0458 e. The van der Waals surface area contributed by atoms with Crippen LogP contribution in [0.2, 0.25) is 0 Å². The Morgan fingerprint density at radius 2 is 1.89 bits per heavy atom. The number of aromatic nitrogens is 1. The molecule has 0 aliphatic heterocycles. The van der Waals surface area contributed by atoms with Gasteiger partial charge >= 0.3 is 0 Å². The summed E-state index contributed by atoms with van der Waals surface area (Å²) in [6.45, 7) is 2.51. The Balaban J connectivity index is 2.25. The zero-order valence-corrected chi connectivity index (χ0v) is 11.2. The molecule has 0 aliphatic carbocycles. The standard InChI is InChI=1S/C16H23NO/c1-2-3-4-8-13-14-9-5-6-10-15(14)17-16(13)11-7-12-18/h5-6,9-10,17-18H,2-4,7-8,11-12H2,1H3. The predicted molar refractivity (Wildman–Crippen MR) is 76.9 cm³/mol. The molecule has 0 spiro atoms. The molecule has 98 valence electrons. The van der Waals surface area contributed by atoms with E-state index in [4.69, 9.17) is 5.11 Å². The monoisotopic (exact) mass is 245 g/mol. The molecular weight excluding hydrogens is 222 g/mol. The Bertz CT molecular complexity index is 487. The number of hydrogen-bond donors (Lipinski definition) is 2. The Labute approximate surface area is 109 Å². The van der Waals surface area contributed by atoms with Crippen LogP contribution in [-0.2, 0) is 12.8 Å². The molecule has 1 heterocycles. The summed E-state index contributed by atoms with van der Waals surface area (Å²) in [6, 6.07) is 8.52. The average Bonchev–Trinajstić information content (AvgIpc) is 2.75. The van der Waals surface area contributed by atoms with Crippen LogP contribution in [-0.4, -0.2) is 16.7 Å². The van der Waals surface area contributed by atoms with Crippen LogP contribution < -0.4 is 0 Å². The summed E-state index contributed by atoms with van der Waals surface area (Å²) >= 11 is 0. The van der Waals surface area contributed by atoms with Gasteiger partial charge in [-0.15, -0.1) is 0 Å². The van der Waals surface area contributed by atoms with Gasteiger partial charge in [-0.2, -0.15) is 0 Å². The summed E-state index contributed by atoms with van der Waals surface area (Å²) in [5.74, 6) is 0. The van der Waals surface area contributed by atoms with Gasteiger partial charge in [-0.3, -0.25) is 0 Å². The number of benzene rings is 1. The third-order valence-corrected chi connectivity index (χ3v) is 3.52. The smallest absolute Gasteiger partial charge is 0.0458 e. The molecule has 0 amide bonds. The van der Waals surface area contributed by atoms with E-state index < -0.39 is 0 Å². The van der Waals surface area contributed by atoms with Gasteiger partial charge in [0.15, 0.2) is 0 Å².